The molecular formula is C17H19BrFN. The third-order valence-corrected chi connectivity index (χ3v) is 4.14. The van der Waals surface area contributed by atoms with E-state index in [9.17, 15) is 4.39 Å². The summed E-state index contributed by atoms with van der Waals surface area (Å²) in [5.41, 5.74) is 2.30. The first-order valence-corrected chi connectivity index (χ1v) is 7.72. The van der Waals surface area contributed by atoms with E-state index in [1.54, 1.807) is 12.1 Å². The van der Waals surface area contributed by atoms with Crippen molar-refractivity contribution in [2.24, 2.45) is 0 Å². The van der Waals surface area contributed by atoms with Crippen LogP contribution in [0, 0.1) is 5.82 Å². The molecule has 0 aliphatic carbocycles. The van der Waals surface area contributed by atoms with E-state index in [4.69, 9.17) is 0 Å². The third-order valence-electron chi connectivity index (χ3n) is 3.36. The third kappa shape index (κ3) is 4.15. The number of aryl methyl sites for hydroxylation is 1. The zero-order valence-electron chi connectivity index (χ0n) is 11.6. The van der Waals surface area contributed by atoms with Gasteiger partial charge in [-0.05, 0) is 48.7 Å². The Bertz CT molecular complexity index is 542. The van der Waals surface area contributed by atoms with Crippen LogP contribution in [0.3, 0.4) is 0 Å². The van der Waals surface area contributed by atoms with Gasteiger partial charge in [0.15, 0.2) is 0 Å². The van der Waals surface area contributed by atoms with Gasteiger partial charge in [0.2, 0.25) is 0 Å². The second-order valence-electron chi connectivity index (χ2n) is 4.80. The SMILES string of the molecule is CCNC(CCc1cc(F)ccc1Br)c1ccccc1. The Morgan fingerprint density at radius 3 is 2.60 bits per heavy atom. The fourth-order valence-electron chi connectivity index (χ4n) is 2.35. The predicted octanol–water partition coefficient (Wildman–Crippen LogP) is 4.87. The molecule has 0 saturated heterocycles. The molecule has 0 bridgehead atoms. The zero-order valence-corrected chi connectivity index (χ0v) is 13.2. The number of hydrogen-bond donors (Lipinski definition) is 1. The van der Waals surface area contributed by atoms with Crippen molar-refractivity contribution >= 4 is 15.9 Å². The van der Waals surface area contributed by atoms with E-state index >= 15 is 0 Å². The lowest BCUT2D eigenvalue weighted by Crippen LogP contribution is -2.21. The van der Waals surface area contributed by atoms with Gasteiger partial charge in [0.05, 0.1) is 0 Å². The first kappa shape index (κ1) is 15.2. The Hall–Kier alpha value is -1.19. The van der Waals surface area contributed by atoms with Gasteiger partial charge in [-0.1, -0.05) is 53.2 Å². The summed E-state index contributed by atoms with van der Waals surface area (Å²) < 4.78 is 14.3. The van der Waals surface area contributed by atoms with E-state index in [1.165, 1.54) is 11.6 Å². The Morgan fingerprint density at radius 1 is 1.15 bits per heavy atom. The lowest BCUT2D eigenvalue weighted by molar-refractivity contribution is 0.514. The lowest BCUT2D eigenvalue weighted by Gasteiger charge is -2.18. The molecule has 0 spiro atoms. The fraction of sp³-hybridized carbons (Fsp3) is 0.294. The van der Waals surface area contributed by atoms with Crippen molar-refractivity contribution in [3.05, 3.63) is 69.9 Å². The molecule has 2 aromatic carbocycles. The lowest BCUT2D eigenvalue weighted by atomic mass is 9.99. The van der Waals surface area contributed by atoms with Gasteiger partial charge < -0.3 is 5.32 Å². The van der Waals surface area contributed by atoms with E-state index in [1.807, 2.05) is 6.07 Å². The molecule has 1 nitrogen and oxygen atoms in total. The van der Waals surface area contributed by atoms with Crippen LogP contribution < -0.4 is 5.32 Å². The highest BCUT2D eigenvalue weighted by Crippen LogP contribution is 2.24. The first-order chi connectivity index (χ1) is 9.70. The second-order valence-corrected chi connectivity index (χ2v) is 5.65. The topological polar surface area (TPSA) is 12.0 Å². The summed E-state index contributed by atoms with van der Waals surface area (Å²) >= 11 is 3.49. The molecule has 1 atom stereocenters. The van der Waals surface area contributed by atoms with E-state index < -0.39 is 0 Å². The molecule has 0 heterocycles. The van der Waals surface area contributed by atoms with Crippen molar-refractivity contribution < 1.29 is 4.39 Å². The largest absolute Gasteiger partial charge is 0.310 e. The highest BCUT2D eigenvalue weighted by Gasteiger charge is 2.11. The average Bonchev–Trinajstić information content (AvgIpc) is 2.47. The quantitative estimate of drug-likeness (QED) is 0.793. The first-order valence-electron chi connectivity index (χ1n) is 6.93. The maximum atomic E-state index is 13.3. The van der Waals surface area contributed by atoms with Crippen LogP contribution in [0.5, 0.6) is 0 Å². The number of rotatable bonds is 6. The van der Waals surface area contributed by atoms with Gasteiger partial charge in [0.25, 0.3) is 0 Å². The number of hydrogen-bond acceptors (Lipinski definition) is 1. The van der Waals surface area contributed by atoms with E-state index in [0.29, 0.717) is 6.04 Å². The molecule has 0 aromatic heterocycles. The van der Waals surface area contributed by atoms with Gasteiger partial charge in [-0.2, -0.15) is 0 Å². The summed E-state index contributed by atoms with van der Waals surface area (Å²) in [6.45, 7) is 3.03. The minimum Gasteiger partial charge on any atom is -0.310 e. The fourth-order valence-corrected chi connectivity index (χ4v) is 2.80. The van der Waals surface area contributed by atoms with Crippen LogP contribution >= 0.6 is 15.9 Å². The van der Waals surface area contributed by atoms with E-state index in [0.717, 1.165) is 29.4 Å². The molecular weight excluding hydrogens is 317 g/mol. The van der Waals surface area contributed by atoms with Crippen LogP contribution in [0.25, 0.3) is 0 Å². The Balaban J connectivity index is 2.07. The summed E-state index contributed by atoms with van der Waals surface area (Å²) in [5, 5.41) is 3.49. The van der Waals surface area contributed by atoms with Gasteiger partial charge in [-0.15, -0.1) is 0 Å². The normalized spacial score (nSPS) is 12.3. The molecule has 0 aliphatic rings. The second kappa shape index (κ2) is 7.55. The molecule has 2 aromatic rings. The highest BCUT2D eigenvalue weighted by atomic mass is 79.9. The molecule has 0 amide bonds. The molecule has 0 saturated carbocycles. The minimum absolute atomic E-state index is 0.178. The van der Waals surface area contributed by atoms with Gasteiger partial charge >= 0.3 is 0 Å². The van der Waals surface area contributed by atoms with Gasteiger partial charge in [0.1, 0.15) is 5.82 Å². The molecule has 1 unspecified atom stereocenters. The molecule has 3 heteroatoms. The summed E-state index contributed by atoms with van der Waals surface area (Å²) in [7, 11) is 0. The molecule has 0 aliphatic heterocycles. The zero-order chi connectivity index (χ0) is 14.4. The maximum absolute atomic E-state index is 13.3. The number of halogens is 2. The van der Waals surface area contributed by atoms with Gasteiger partial charge in [-0.3, -0.25) is 0 Å². The van der Waals surface area contributed by atoms with E-state index in [-0.39, 0.29) is 5.82 Å². The van der Waals surface area contributed by atoms with Crippen LogP contribution in [0.2, 0.25) is 0 Å². The van der Waals surface area contributed by atoms with Crippen LogP contribution in [-0.2, 0) is 6.42 Å². The predicted molar refractivity (Wildman–Crippen MR) is 85.3 cm³/mol. The van der Waals surface area contributed by atoms with Crippen LogP contribution in [-0.4, -0.2) is 6.54 Å². The van der Waals surface area contributed by atoms with Gasteiger partial charge in [-0.25, -0.2) is 4.39 Å². The standard InChI is InChI=1S/C17H19BrFN/c1-2-20-17(13-6-4-3-5-7-13)11-8-14-12-15(19)9-10-16(14)18/h3-7,9-10,12,17,20H,2,8,11H2,1H3. The van der Waals surface area contributed by atoms with Gasteiger partial charge in [0, 0.05) is 10.5 Å². The summed E-state index contributed by atoms with van der Waals surface area (Å²) in [6, 6.07) is 15.6. The van der Waals surface area contributed by atoms with Crippen molar-refractivity contribution in [2.75, 3.05) is 6.54 Å². The van der Waals surface area contributed by atoms with Crippen molar-refractivity contribution in [3.63, 3.8) is 0 Å². The van der Waals surface area contributed by atoms with Crippen LogP contribution in [0.15, 0.2) is 53.0 Å². The summed E-state index contributed by atoms with van der Waals surface area (Å²) in [6.07, 6.45) is 1.78. The minimum atomic E-state index is -0.178. The van der Waals surface area contributed by atoms with Crippen molar-refractivity contribution in [3.8, 4) is 0 Å². The molecule has 106 valence electrons. The summed E-state index contributed by atoms with van der Waals surface area (Å²) in [5.74, 6) is -0.178. The van der Waals surface area contributed by atoms with Crippen molar-refractivity contribution in [1.82, 2.24) is 5.32 Å². The average molecular weight is 336 g/mol. The summed E-state index contributed by atoms with van der Waals surface area (Å²) in [4.78, 5) is 0. The Kier molecular flexibility index (Phi) is 5.74. The Labute approximate surface area is 128 Å². The van der Waals surface area contributed by atoms with E-state index in [2.05, 4.69) is 52.4 Å². The van der Waals surface area contributed by atoms with Crippen molar-refractivity contribution in [1.29, 1.82) is 0 Å². The van der Waals surface area contributed by atoms with Crippen LogP contribution in [0.4, 0.5) is 4.39 Å². The monoisotopic (exact) mass is 335 g/mol. The molecule has 0 radical (unpaired) electrons. The maximum Gasteiger partial charge on any atom is 0.123 e. The molecule has 2 rings (SSSR count). The van der Waals surface area contributed by atoms with Crippen LogP contribution in [0.1, 0.15) is 30.5 Å². The Morgan fingerprint density at radius 2 is 1.90 bits per heavy atom. The smallest absolute Gasteiger partial charge is 0.123 e. The number of benzene rings is 2. The highest BCUT2D eigenvalue weighted by molar-refractivity contribution is 9.10. The molecule has 1 N–H and O–H groups in total. The van der Waals surface area contributed by atoms with Crippen molar-refractivity contribution in [2.45, 2.75) is 25.8 Å². The molecule has 0 fully saturated rings. The molecule has 20 heavy (non-hydrogen) atoms. The number of nitrogens with one attached hydrogen (secondary N) is 1.